The van der Waals surface area contributed by atoms with Crippen LogP contribution in [-0.4, -0.2) is 34.8 Å². The van der Waals surface area contributed by atoms with Crippen molar-refractivity contribution in [2.75, 3.05) is 6.54 Å². The monoisotopic (exact) mass is 280 g/mol. The van der Waals surface area contributed by atoms with E-state index in [9.17, 15) is 9.59 Å². The predicted molar refractivity (Wildman–Crippen MR) is 79.1 cm³/mol. The molecule has 2 fully saturated rings. The molecule has 1 saturated carbocycles. The minimum atomic E-state index is -0.718. The van der Waals surface area contributed by atoms with E-state index in [-0.39, 0.29) is 17.9 Å². The predicted octanol–water partition coefficient (Wildman–Crippen LogP) is 2.33. The Labute approximate surface area is 122 Å². The van der Waals surface area contributed by atoms with E-state index in [1.807, 2.05) is 25.7 Å². The number of nitrogens with zero attached hydrogens (tertiary/aromatic N) is 1. The average Bonchev–Trinajstić information content (AvgIpc) is 2.41. The maximum absolute atomic E-state index is 12.7. The third kappa shape index (κ3) is 2.84. The molecule has 1 aliphatic heterocycles. The van der Waals surface area contributed by atoms with Crippen LogP contribution in [0.3, 0.4) is 0 Å². The Morgan fingerprint density at radius 1 is 1.30 bits per heavy atom. The van der Waals surface area contributed by atoms with Gasteiger partial charge in [-0.05, 0) is 44.9 Å². The fraction of sp³-hybridized carbons (Fsp3) is 0.875. The number of nitrogens with one attached hydrogen (secondary N) is 1. The van der Waals surface area contributed by atoms with Gasteiger partial charge in [-0.3, -0.25) is 9.59 Å². The zero-order valence-corrected chi connectivity index (χ0v) is 13.2. The molecular weight excluding hydrogens is 252 g/mol. The fourth-order valence-corrected chi connectivity index (χ4v) is 3.55. The van der Waals surface area contributed by atoms with Crippen LogP contribution in [0.15, 0.2) is 0 Å². The Morgan fingerprint density at radius 3 is 2.60 bits per heavy atom. The summed E-state index contributed by atoms with van der Waals surface area (Å²) in [7, 11) is 0. The number of rotatable bonds is 3. The van der Waals surface area contributed by atoms with Gasteiger partial charge in [0.2, 0.25) is 11.8 Å². The lowest BCUT2D eigenvalue weighted by Gasteiger charge is -2.44. The first-order valence-corrected chi connectivity index (χ1v) is 8.00. The lowest BCUT2D eigenvalue weighted by Crippen LogP contribution is -2.68. The number of carbonyl (C=O) groups excluding carboxylic acids is 2. The second-order valence-electron chi connectivity index (χ2n) is 6.95. The topological polar surface area (TPSA) is 49.4 Å². The van der Waals surface area contributed by atoms with Crippen LogP contribution in [-0.2, 0) is 9.59 Å². The van der Waals surface area contributed by atoms with Gasteiger partial charge >= 0.3 is 0 Å². The van der Waals surface area contributed by atoms with Crippen molar-refractivity contribution in [3.8, 4) is 0 Å². The molecule has 2 amide bonds. The molecule has 20 heavy (non-hydrogen) atoms. The van der Waals surface area contributed by atoms with Crippen molar-refractivity contribution in [2.24, 2.45) is 11.8 Å². The fourth-order valence-electron chi connectivity index (χ4n) is 3.55. The lowest BCUT2D eigenvalue weighted by molar-refractivity contribution is -0.154. The van der Waals surface area contributed by atoms with E-state index < -0.39 is 5.54 Å². The summed E-state index contributed by atoms with van der Waals surface area (Å²) in [4.78, 5) is 26.7. The van der Waals surface area contributed by atoms with Gasteiger partial charge in [0.15, 0.2) is 0 Å². The van der Waals surface area contributed by atoms with E-state index in [1.54, 1.807) is 0 Å². The average molecular weight is 280 g/mol. The molecule has 0 aromatic carbocycles. The Morgan fingerprint density at radius 2 is 2.00 bits per heavy atom. The Hall–Kier alpha value is -1.06. The van der Waals surface area contributed by atoms with Crippen LogP contribution in [0.5, 0.6) is 0 Å². The number of hydrogen-bond acceptors (Lipinski definition) is 2. The highest BCUT2D eigenvalue weighted by molar-refractivity contribution is 5.99. The maximum Gasteiger partial charge on any atom is 0.248 e. The SMILES string of the molecule is CCC1(C)NC(=O)C(C)N(CC2CCCC(C)C2)C1=O. The van der Waals surface area contributed by atoms with Gasteiger partial charge in [-0.2, -0.15) is 0 Å². The highest BCUT2D eigenvalue weighted by atomic mass is 16.2. The summed E-state index contributed by atoms with van der Waals surface area (Å²) in [6.45, 7) is 8.67. The summed E-state index contributed by atoms with van der Waals surface area (Å²) in [5.41, 5.74) is -0.718. The van der Waals surface area contributed by atoms with Gasteiger partial charge in [0.05, 0.1) is 0 Å². The molecular formula is C16H28N2O2. The molecule has 4 heteroatoms. The first kappa shape index (κ1) is 15.3. The van der Waals surface area contributed by atoms with E-state index in [0.29, 0.717) is 12.3 Å². The summed E-state index contributed by atoms with van der Waals surface area (Å²) < 4.78 is 0. The van der Waals surface area contributed by atoms with Crippen LogP contribution in [0.4, 0.5) is 0 Å². The number of hydrogen-bond donors (Lipinski definition) is 1. The molecule has 114 valence electrons. The van der Waals surface area contributed by atoms with Gasteiger partial charge < -0.3 is 10.2 Å². The third-order valence-corrected chi connectivity index (χ3v) is 5.19. The van der Waals surface area contributed by atoms with E-state index in [0.717, 1.165) is 12.5 Å². The minimum Gasteiger partial charge on any atom is -0.340 e. The quantitative estimate of drug-likeness (QED) is 0.862. The minimum absolute atomic E-state index is 0.0159. The molecule has 0 aromatic rings. The van der Waals surface area contributed by atoms with Crippen molar-refractivity contribution >= 4 is 11.8 Å². The summed E-state index contributed by atoms with van der Waals surface area (Å²) in [5, 5.41) is 2.89. The van der Waals surface area contributed by atoms with Gasteiger partial charge in [0.1, 0.15) is 11.6 Å². The molecule has 1 saturated heterocycles. The number of piperazine rings is 1. The van der Waals surface area contributed by atoms with Crippen LogP contribution < -0.4 is 5.32 Å². The Kier molecular flexibility index (Phi) is 4.40. The lowest BCUT2D eigenvalue weighted by atomic mass is 9.81. The first-order chi connectivity index (χ1) is 9.37. The molecule has 2 aliphatic rings. The van der Waals surface area contributed by atoms with Crippen molar-refractivity contribution in [2.45, 2.75) is 71.4 Å². The number of amides is 2. The summed E-state index contributed by atoms with van der Waals surface area (Å²) in [6.07, 6.45) is 5.56. The van der Waals surface area contributed by atoms with E-state index in [1.165, 1.54) is 25.7 Å². The number of carbonyl (C=O) groups is 2. The molecule has 0 spiro atoms. The zero-order valence-electron chi connectivity index (χ0n) is 13.2. The van der Waals surface area contributed by atoms with Crippen LogP contribution in [0.1, 0.15) is 59.8 Å². The second kappa shape index (κ2) is 5.74. The Balaban J connectivity index is 2.11. The molecule has 0 aromatic heterocycles. The van der Waals surface area contributed by atoms with Gasteiger partial charge in [-0.25, -0.2) is 0 Å². The summed E-state index contributed by atoms with van der Waals surface area (Å²) in [6, 6.07) is -0.334. The third-order valence-electron chi connectivity index (χ3n) is 5.19. The van der Waals surface area contributed by atoms with Crippen molar-refractivity contribution < 1.29 is 9.59 Å². The van der Waals surface area contributed by atoms with Gasteiger partial charge in [-0.15, -0.1) is 0 Å². The van der Waals surface area contributed by atoms with Crippen molar-refractivity contribution in [3.05, 3.63) is 0 Å². The maximum atomic E-state index is 12.7. The molecule has 1 heterocycles. The molecule has 4 nitrogen and oxygen atoms in total. The largest absolute Gasteiger partial charge is 0.340 e. The van der Waals surface area contributed by atoms with Gasteiger partial charge in [0.25, 0.3) is 0 Å². The van der Waals surface area contributed by atoms with Crippen LogP contribution in [0.25, 0.3) is 0 Å². The molecule has 2 rings (SSSR count). The first-order valence-electron chi connectivity index (χ1n) is 8.00. The normalized spacial score (nSPS) is 38.8. The van der Waals surface area contributed by atoms with Crippen molar-refractivity contribution in [3.63, 3.8) is 0 Å². The van der Waals surface area contributed by atoms with Crippen LogP contribution >= 0.6 is 0 Å². The molecule has 1 aliphatic carbocycles. The second-order valence-corrected chi connectivity index (χ2v) is 6.95. The van der Waals surface area contributed by atoms with Gasteiger partial charge in [-0.1, -0.05) is 26.7 Å². The smallest absolute Gasteiger partial charge is 0.248 e. The Bertz CT molecular complexity index is 396. The van der Waals surface area contributed by atoms with E-state index in [2.05, 4.69) is 12.2 Å². The molecule has 4 atom stereocenters. The van der Waals surface area contributed by atoms with E-state index >= 15 is 0 Å². The molecule has 4 unspecified atom stereocenters. The van der Waals surface area contributed by atoms with Gasteiger partial charge in [0, 0.05) is 6.54 Å². The van der Waals surface area contributed by atoms with E-state index in [4.69, 9.17) is 0 Å². The summed E-state index contributed by atoms with van der Waals surface area (Å²) in [5.74, 6) is 1.37. The molecule has 0 bridgehead atoms. The zero-order chi connectivity index (χ0) is 14.9. The van der Waals surface area contributed by atoms with Crippen LogP contribution in [0.2, 0.25) is 0 Å². The van der Waals surface area contributed by atoms with Crippen LogP contribution in [0, 0.1) is 11.8 Å². The molecule has 1 N–H and O–H groups in total. The van der Waals surface area contributed by atoms with Crippen molar-refractivity contribution in [1.82, 2.24) is 10.2 Å². The highest BCUT2D eigenvalue weighted by Gasteiger charge is 2.45. The molecule has 0 radical (unpaired) electrons. The highest BCUT2D eigenvalue weighted by Crippen LogP contribution is 2.31. The standard InChI is InChI=1S/C16H28N2O2/c1-5-16(4)15(20)18(12(3)14(19)17-16)10-13-8-6-7-11(2)9-13/h11-13H,5-10H2,1-4H3,(H,17,19). The summed E-state index contributed by atoms with van der Waals surface area (Å²) >= 11 is 0. The van der Waals surface area contributed by atoms with Crippen molar-refractivity contribution in [1.29, 1.82) is 0 Å².